The minimum atomic E-state index is 1.17. The zero-order chi connectivity index (χ0) is 19.0. The molecule has 0 saturated heterocycles. The topological polar surface area (TPSA) is 0 Å². The van der Waals surface area contributed by atoms with Crippen LogP contribution in [0.4, 0.5) is 0 Å². The number of benzene rings is 3. The Morgan fingerprint density at radius 1 is 0.538 bits per heavy atom. The van der Waals surface area contributed by atoms with Crippen LogP contribution in [0.5, 0.6) is 0 Å². The van der Waals surface area contributed by atoms with Crippen molar-refractivity contribution in [1.82, 2.24) is 0 Å². The molecule has 3 aromatic rings. The first-order valence-corrected chi connectivity index (χ1v) is 8.70. The fraction of sp³-hybridized carbons (Fsp3) is 0.0769. The molecule has 0 nitrogen and oxygen atoms in total. The van der Waals surface area contributed by atoms with Gasteiger partial charge in [-0.25, -0.2) is 0 Å². The van der Waals surface area contributed by atoms with Gasteiger partial charge in [0.25, 0.3) is 0 Å². The maximum atomic E-state index is 3.63. The highest BCUT2D eigenvalue weighted by atomic mass is 13.9. The lowest BCUT2D eigenvalue weighted by atomic mass is 10.2. The molecule has 3 rings (SSSR count). The SMILES string of the molecule is C=Cc1ccccc1.C=Cc1ccccc1.CC(C)=Cc1ccccc1. The first-order chi connectivity index (χ1) is 12.7. The fourth-order valence-corrected chi connectivity index (χ4v) is 2.06. The molecule has 0 fully saturated rings. The molecule has 0 radical (unpaired) electrons. The van der Waals surface area contributed by atoms with Gasteiger partial charge in [0.1, 0.15) is 0 Å². The molecule has 0 atom stereocenters. The molecule has 0 aliphatic carbocycles. The van der Waals surface area contributed by atoms with Crippen molar-refractivity contribution >= 4 is 18.2 Å². The Bertz CT molecular complexity index is 719. The molecule has 0 aliphatic heterocycles. The zero-order valence-electron chi connectivity index (χ0n) is 15.8. The van der Waals surface area contributed by atoms with Gasteiger partial charge in [-0.3, -0.25) is 0 Å². The van der Waals surface area contributed by atoms with Crippen molar-refractivity contribution in [2.75, 3.05) is 0 Å². The summed E-state index contributed by atoms with van der Waals surface area (Å²) in [6, 6.07) is 30.4. The van der Waals surface area contributed by atoms with E-state index in [1.54, 1.807) is 0 Å². The van der Waals surface area contributed by atoms with E-state index < -0.39 is 0 Å². The van der Waals surface area contributed by atoms with Gasteiger partial charge in [-0.05, 0) is 30.5 Å². The Labute approximate surface area is 158 Å². The maximum absolute atomic E-state index is 3.63. The monoisotopic (exact) mass is 340 g/mol. The van der Waals surface area contributed by atoms with E-state index in [0.717, 1.165) is 0 Å². The molecule has 0 bridgehead atoms. The van der Waals surface area contributed by atoms with Crippen molar-refractivity contribution in [3.63, 3.8) is 0 Å². The highest BCUT2D eigenvalue weighted by molar-refractivity contribution is 5.51. The fourth-order valence-electron chi connectivity index (χ4n) is 2.06. The van der Waals surface area contributed by atoms with Gasteiger partial charge in [0.2, 0.25) is 0 Å². The van der Waals surface area contributed by atoms with Gasteiger partial charge in [0.05, 0.1) is 0 Å². The van der Waals surface area contributed by atoms with Crippen LogP contribution < -0.4 is 0 Å². The molecule has 132 valence electrons. The van der Waals surface area contributed by atoms with E-state index in [1.807, 2.05) is 78.9 Å². The summed E-state index contributed by atoms with van der Waals surface area (Å²) in [7, 11) is 0. The highest BCUT2D eigenvalue weighted by Crippen LogP contribution is 2.04. The van der Waals surface area contributed by atoms with Crippen molar-refractivity contribution < 1.29 is 0 Å². The van der Waals surface area contributed by atoms with Crippen molar-refractivity contribution in [2.24, 2.45) is 0 Å². The van der Waals surface area contributed by atoms with Gasteiger partial charge >= 0.3 is 0 Å². The number of allylic oxidation sites excluding steroid dienone is 1. The molecule has 0 amide bonds. The summed E-state index contributed by atoms with van der Waals surface area (Å²) in [5.41, 5.74) is 4.97. The van der Waals surface area contributed by atoms with Crippen molar-refractivity contribution in [3.05, 3.63) is 126 Å². The number of rotatable bonds is 3. The Morgan fingerprint density at radius 3 is 1.08 bits per heavy atom. The summed E-state index contributed by atoms with van der Waals surface area (Å²) in [5, 5.41) is 0. The highest BCUT2D eigenvalue weighted by Gasteiger charge is 1.82. The molecule has 26 heavy (non-hydrogen) atoms. The Hall–Kier alpha value is -3.12. The van der Waals surface area contributed by atoms with Gasteiger partial charge < -0.3 is 0 Å². The molecule has 0 aliphatic rings. The minimum absolute atomic E-state index is 1.17. The standard InChI is InChI=1S/C10H12.2C8H8/c1-9(2)8-10-6-4-3-5-7-10;2*1-2-8-6-4-3-5-7-8/h3-8H,1-2H3;2*2-7H,1H2. The molecule has 0 heterocycles. The van der Waals surface area contributed by atoms with E-state index in [1.165, 1.54) is 22.3 Å². The summed E-state index contributed by atoms with van der Waals surface area (Å²) in [6.45, 7) is 11.5. The van der Waals surface area contributed by atoms with Gasteiger partial charge in [-0.1, -0.05) is 128 Å². The van der Waals surface area contributed by atoms with Crippen LogP contribution in [-0.4, -0.2) is 0 Å². The molecule has 0 saturated carbocycles. The van der Waals surface area contributed by atoms with E-state index in [9.17, 15) is 0 Å². The summed E-state index contributed by atoms with van der Waals surface area (Å²) in [6.07, 6.45) is 5.83. The average Bonchev–Trinajstić information content (AvgIpc) is 2.70. The number of hydrogen-bond acceptors (Lipinski definition) is 0. The molecule has 0 aromatic heterocycles. The Morgan fingerprint density at radius 2 is 0.846 bits per heavy atom. The van der Waals surface area contributed by atoms with Crippen LogP contribution in [-0.2, 0) is 0 Å². The second kappa shape index (κ2) is 13.2. The molecular weight excluding hydrogens is 312 g/mol. The minimum Gasteiger partial charge on any atom is -0.0985 e. The third kappa shape index (κ3) is 9.89. The van der Waals surface area contributed by atoms with Crippen LogP contribution in [0.2, 0.25) is 0 Å². The molecule has 0 N–H and O–H groups in total. The van der Waals surface area contributed by atoms with Crippen molar-refractivity contribution in [3.8, 4) is 0 Å². The average molecular weight is 341 g/mol. The van der Waals surface area contributed by atoms with E-state index >= 15 is 0 Å². The van der Waals surface area contributed by atoms with E-state index in [-0.39, 0.29) is 0 Å². The third-order valence-corrected chi connectivity index (χ3v) is 3.33. The second-order valence-electron chi connectivity index (χ2n) is 5.86. The number of hydrogen-bond donors (Lipinski definition) is 0. The second-order valence-corrected chi connectivity index (χ2v) is 5.86. The van der Waals surface area contributed by atoms with Gasteiger partial charge in [-0.2, -0.15) is 0 Å². The van der Waals surface area contributed by atoms with E-state index in [2.05, 4.69) is 57.3 Å². The van der Waals surface area contributed by atoms with E-state index in [4.69, 9.17) is 0 Å². The van der Waals surface area contributed by atoms with Crippen LogP contribution in [0, 0.1) is 0 Å². The van der Waals surface area contributed by atoms with Crippen LogP contribution >= 0.6 is 0 Å². The van der Waals surface area contributed by atoms with Crippen molar-refractivity contribution in [2.45, 2.75) is 13.8 Å². The van der Waals surface area contributed by atoms with Gasteiger partial charge in [0, 0.05) is 0 Å². The predicted octanol–water partition coefficient (Wildman–Crippen LogP) is 7.77. The summed E-state index contributed by atoms with van der Waals surface area (Å²) in [5.74, 6) is 0. The largest absolute Gasteiger partial charge is 0.0985 e. The smallest absolute Gasteiger partial charge is 0.0257 e. The van der Waals surface area contributed by atoms with Crippen LogP contribution in [0.15, 0.2) is 110 Å². The van der Waals surface area contributed by atoms with Gasteiger partial charge in [-0.15, -0.1) is 0 Å². The molecule has 0 heteroatoms. The maximum Gasteiger partial charge on any atom is -0.0257 e. The summed E-state index contributed by atoms with van der Waals surface area (Å²) >= 11 is 0. The van der Waals surface area contributed by atoms with Crippen LogP contribution in [0.25, 0.3) is 18.2 Å². The quantitative estimate of drug-likeness (QED) is 0.457. The van der Waals surface area contributed by atoms with Crippen LogP contribution in [0.1, 0.15) is 30.5 Å². The summed E-state index contributed by atoms with van der Waals surface area (Å²) < 4.78 is 0. The lowest BCUT2D eigenvalue weighted by Gasteiger charge is -1.91. The van der Waals surface area contributed by atoms with E-state index in [0.29, 0.717) is 0 Å². The molecule has 0 spiro atoms. The lowest BCUT2D eigenvalue weighted by molar-refractivity contribution is 1.42. The normalized spacial score (nSPS) is 8.69. The summed E-state index contributed by atoms with van der Waals surface area (Å²) in [4.78, 5) is 0. The first-order valence-electron chi connectivity index (χ1n) is 8.70. The zero-order valence-corrected chi connectivity index (χ0v) is 15.8. The first kappa shape index (κ1) is 20.9. The van der Waals surface area contributed by atoms with Crippen molar-refractivity contribution in [1.29, 1.82) is 0 Å². The lowest BCUT2D eigenvalue weighted by Crippen LogP contribution is -1.69. The van der Waals surface area contributed by atoms with Gasteiger partial charge in [0.15, 0.2) is 0 Å². The Balaban J connectivity index is 0.000000197. The predicted molar refractivity (Wildman–Crippen MR) is 119 cm³/mol. The molecule has 3 aromatic carbocycles. The third-order valence-electron chi connectivity index (χ3n) is 3.33. The molecule has 0 unspecified atom stereocenters. The van der Waals surface area contributed by atoms with Crippen LogP contribution in [0.3, 0.4) is 0 Å². The Kier molecular flexibility index (Phi) is 10.6. The molecular formula is C26H28.